The molecule has 100 valence electrons. The summed E-state index contributed by atoms with van der Waals surface area (Å²) in [4.78, 5) is 11.2. The van der Waals surface area contributed by atoms with Gasteiger partial charge in [0.25, 0.3) is 0 Å². The number of hydrogen-bond acceptors (Lipinski definition) is 6. The van der Waals surface area contributed by atoms with Crippen molar-refractivity contribution in [1.82, 2.24) is 20.2 Å². The van der Waals surface area contributed by atoms with Gasteiger partial charge in [0.15, 0.2) is 0 Å². The Bertz CT molecular complexity index is 530. The van der Waals surface area contributed by atoms with E-state index in [-0.39, 0.29) is 12.5 Å². The quantitative estimate of drug-likeness (QED) is 0.584. The molecule has 0 spiro atoms. The molecule has 0 saturated carbocycles. The Morgan fingerprint density at radius 2 is 2.16 bits per heavy atom. The number of ether oxygens (including phenoxy) is 1. The second kappa shape index (κ2) is 6.89. The Balaban J connectivity index is 1.86. The van der Waals surface area contributed by atoms with Crippen LogP contribution >= 0.6 is 11.8 Å². The van der Waals surface area contributed by atoms with Crippen LogP contribution in [0.3, 0.4) is 0 Å². The maximum atomic E-state index is 11.2. The molecule has 0 aliphatic heterocycles. The Morgan fingerprint density at radius 1 is 1.37 bits per heavy atom. The number of hydrogen-bond donors (Lipinski definition) is 0. The predicted molar refractivity (Wildman–Crippen MR) is 70.7 cm³/mol. The molecule has 0 aliphatic rings. The first kappa shape index (κ1) is 13.5. The van der Waals surface area contributed by atoms with Crippen molar-refractivity contribution < 1.29 is 9.53 Å². The van der Waals surface area contributed by atoms with Crippen LogP contribution in [-0.4, -0.2) is 39.0 Å². The van der Waals surface area contributed by atoms with Gasteiger partial charge in [0, 0.05) is 5.75 Å². The van der Waals surface area contributed by atoms with Crippen molar-refractivity contribution in [2.24, 2.45) is 0 Å². The molecule has 0 unspecified atom stereocenters. The number of methoxy groups -OCH3 is 1. The summed E-state index contributed by atoms with van der Waals surface area (Å²) in [6.07, 6.45) is 0.927. The van der Waals surface area contributed by atoms with Crippen molar-refractivity contribution in [2.45, 2.75) is 18.1 Å². The summed E-state index contributed by atoms with van der Waals surface area (Å²) in [6, 6.07) is 10.2. The summed E-state index contributed by atoms with van der Waals surface area (Å²) in [5, 5.41) is 11.9. The minimum atomic E-state index is -0.364. The number of aromatic nitrogens is 4. The number of aryl methyl sites for hydroxylation is 1. The topological polar surface area (TPSA) is 69.9 Å². The van der Waals surface area contributed by atoms with E-state index in [9.17, 15) is 4.79 Å². The van der Waals surface area contributed by atoms with E-state index in [4.69, 9.17) is 0 Å². The first-order chi connectivity index (χ1) is 9.29. The summed E-state index contributed by atoms with van der Waals surface area (Å²) in [6.45, 7) is 0.0389. The van der Waals surface area contributed by atoms with Crippen molar-refractivity contribution in [1.29, 1.82) is 0 Å². The smallest absolute Gasteiger partial charge is 0.327 e. The summed E-state index contributed by atoms with van der Waals surface area (Å²) >= 11 is 1.52. The number of benzene rings is 1. The third kappa shape index (κ3) is 4.06. The highest BCUT2D eigenvalue weighted by molar-refractivity contribution is 7.99. The number of thioether (sulfide) groups is 1. The standard InChI is InChI=1S/C12H14N4O2S/c1-18-11(17)9-16-12(13-14-15-16)19-8-7-10-5-3-2-4-6-10/h2-6H,7-9H2,1H3. The van der Waals surface area contributed by atoms with Crippen LogP contribution in [0, 0.1) is 0 Å². The van der Waals surface area contributed by atoms with E-state index in [2.05, 4.69) is 32.4 Å². The van der Waals surface area contributed by atoms with Crippen molar-refractivity contribution >= 4 is 17.7 Å². The number of esters is 1. The van der Waals surface area contributed by atoms with Crippen LogP contribution < -0.4 is 0 Å². The number of carbonyl (C=O) groups is 1. The highest BCUT2D eigenvalue weighted by Crippen LogP contribution is 2.15. The zero-order chi connectivity index (χ0) is 13.5. The average Bonchev–Trinajstić information content (AvgIpc) is 2.87. The van der Waals surface area contributed by atoms with Gasteiger partial charge in [-0.05, 0) is 22.4 Å². The largest absolute Gasteiger partial charge is 0.468 e. The van der Waals surface area contributed by atoms with Gasteiger partial charge >= 0.3 is 5.97 Å². The molecule has 1 aromatic heterocycles. The second-order valence-electron chi connectivity index (χ2n) is 3.78. The third-order valence-corrected chi connectivity index (χ3v) is 3.43. The fourth-order valence-corrected chi connectivity index (χ4v) is 2.36. The molecular weight excluding hydrogens is 264 g/mol. The molecule has 0 N–H and O–H groups in total. The lowest BCUT2D eigenvalue weighted by atomic mass is 10.2. The lowest BCUT2D eigenvalue weighted by Crippen LogP contribution is -2.13. The fraction of sp³-hybridized carbons (Fsp3) is 0.333. The zero-order valence-electron chi connectivity index (χ0n) is 10.5. The zero-order valence-corrected chi connectivity index (χ0v) is 11.3. The molecule has 2 rings (SSSR count). The van der Waals surface area contributed by atoms with Crippen LogP contribution in [0.2, 0.25) is 0 Å². The van der Waals surface area contributed by atoms with E-state index < -0.39 is 0 Å². The lowest BCUT2D eigenvalue weighted by molar-refractivity contribution is -0.141. The number of carbonyl (C=O) groups excluding carboxylic acids is 1. The Labute approximate surface area is 115 Å². The molecule has 0 bridgehead atoms. The van der Waals surface area contributed by atoms with Gasteiger partial charge in [-0.15, -0.1) is 5.10 Å². The second-order valence-corrected chi connectivity index (χ2v) is 4.84. The molecule has 6 nitrogen and oxygen atoms in total. The van der Waals surface area contributed by atoms with Crippen molar-refractivity contribution in [3.05, 3.63) is 35.9 Å². The molecule has 19 heavy (non-hydrogen) atoms. The van der Waals surface area contributed by atoms with E-state index in [1.54, 1.807) is 0 Å². The molecule has 0 amide bonds. The van der Waals surface area contributed by atoms with E-state index in [1.807, 2.05) is 18.2 Å². The molecular formula is C12H14N4O2S. The van der Waals surface area contributed by atoms with Gasteiger partial charge in [0.1, 0.15) is 6.54 Å². The third-order valence-electron chi connectivity index (χ3n) is 2.47. The normalized spacial score (nSPS) is 10.4. The monoisotopic (exact) mass is 278 g/mol. The van der Waals surface area contributed by atoms with Crippen LogP contribution in [0.1, 0.15) is 5.56 Å². The van der Waals surface area contributed by atoms with E-state index >= 15 is 0 Å². The number of rotatable bonds is 6. The minimum absolute atomic E-state index is 0.0389. The van der Waals surface area contributed by atoms with Crippen LogP contribution in [0.25, 0.3) is 0 Å². The van der Waals surface area contributed by atoms with Crippen LogP contribution in [0.15, 0.2) is 35.5 Å². The molecule has 0 fully saturated rings. The van der Waals surface area contributed by atoms with E-state index in [1.165, 1.54) is 29.1 Å². The van der Waals surface area contributed by atoms with Crippen molar-refractivity contribution in [3.63, 3.8) is 0 Å². The predicted octanol–water partition coefficient (Wildman–Crippen LogP) is 1.18. The van der Waals surface area contributed by atoms with Gasteiger partial charge in [0.05, 0.1) is 7.11 Å². The Hall–Kier alpha value is -1.89. The van der Waals surface area contributed by atoms with Crippen molar-refractivity contribution in [3.8, 4) is 0 Å². The van der Waals surface area contributed by atoms with Gasteiger partial charge in [-0.1, -0.05) is 42.1 Å². The van der Waals surface area contributed by atoms with Crippen molar-refractivity contribution in [2.75, 3.05) is 12.9 Å². The summed E-state index contributed by atoms with van der Waals surface area (Å²) in [5.74, 6) is 0.489. The van der Waals surface area contributed by atoms with Crippen LogP contribution in [0.4, 0.5) is 0 Å². The molecule has 7 heteroatoms. The lowest BCUT2D eigenvalue weighted by Gasteiger charge is -2.03. The SMILES string of the molecule is COC(=O)Cn1nnnc1SCCc1ccccc1. The van der Waals surface area contributed by atoms with Gasteiger partial charge < -0.3 is 4.74 Å². The number of tetrazole rings is 1. The Morgan fingerprint density at radius 3 is 2.89 bits per heavy atom. The molecule has 1 heterocycles. The first-order valence-corrected chi connectivity index (χ1v) is 6.78. The van der Waals surface area contributed by atoms with Gasteiger partial charge in [-0.2, -0.15) is 0 Å². The van der Waals surface area contributed by atoms with Crippen LogP contribution in [-0.2, 0) is 22.5 Å². The van der Waals surface area contributed by atoms with Gasteiger partial charge in [-0.3, -0.25) is 4.79 Å². The molecule has 2 aromatic rings. The Kier molecular flexibility index (Phi) is 4.91. The average molecular weight is 278 g/mol. The molecule has 1 aromatic carbocycles. The first-order valence-electron chi connectivity index (χ1n) is 5.79. The molecule has 0 aliphatic carbocycles. The highest BCUT2D eigenvalue weighted by atomic mass is 32.2. The maximum absolute atomic E-state index is 11.2. The maximum Gasteiger partial charge on any atom is 0.327 e. The number of nitrogens with zero attached hydrogens (tertiary/aromatic N) is 4. The molecule has 0 atom stereocenters. The summed E-state index contributed by atoms with van der Waals surface area (Å²) in [7, 11) is 1.34. The minimum Gasteiger partial charge on any atom is -0.468 e. The highest BCUT2D eigenvalue weighted by Gasteiger charge is 2.10. The summed E-state index contributed by atoms with van der Waals surface area (Å²) in [5.41, 5.74) is 1.27. The molecule has 0 saturated heterocycles. The van der Waals surface area contributed by atoms with E-state index in [0.29, 0.717) is 5.16 Å². The van der Waals surface area contributed by atoms with E-state index in [0.717, 1.165) is 12.2 Å². The molecule has 0 radical (unpaired) electrons. The fourth-order valence-electron chi connectivity index (χ4n) is 1.49. The summed E-state index contributed by atoms with van der Waals surface area (Å²) < 4.78 is 6.03. The van der Waals surface area contributed by atoms with Gasteiger partial charge in [-0.25, -0.2) is 4.68 Å². The van der Waals surface area contributed by atoms with Gasteiger partial charge in [0.2, 0.25) is 5.16 Å². The van der Waals surface area contributed by atoms with Crippen LogP contribution in [0.5, 0.6) is 0 Å².